The summed E-state index contributed by atoms with van der Waals surface area (Å²) >= 11 is 1.35. The molecule has 30 heavy (non-hydrogen) atoms. The van der Waals surface area contributed by atoms with Crippen LogP contribution in [0.25, 0.3) is 0 Å². The Kier molecular flexibility index (Phi) is 5.37. The van der Waals surface area contributed by atoms with E-state index in [2.05, 4.69) is 11.2 Å². The van der Waals surface area contributed by atoms with Crippen LogP contribution in [0, 0.1) is 19.3 Å². The third-order valence-corrected chi connectivity index (χ3v) is 7.97. The van der Waals surface area contributed by atoms with Gasteiger partial charge in [0.2, 0.25) is 15.7 Å². The summed E-state index contributed by atoms with van der Waals surface area (Å²) in [7, 11) is -3.75. The van der Waals surface area contributed by atoms with Gasteiger partial charge in [-0.05, 0) is 42.3 Å². The summed E-state index contributed by atoms with van der Waals surface area (Å²) in [4.78, 5) is 13.6. The van der Waals surface area contributed by atoms with Gasteiger partial charge in [0.15, 0.2) is 0 Å². The number of fused-ring (bicyclic) bond motifs is 1. The second-order valence-electron chi connectivity index (χ2n) is 7.03. The normalized spacial score (nSPS) is 15.7. The molecular formula is C23H19NO4S2. The number of anilines is 1. The SMILES string of the molecule is C#CCOc1ccc([C@@H]2CC(=O)Nc3c(S(=O)(=O)c4cccc(C)c4)csc32)cc1. The molecule has 1 N–H and O–H groups in total. The Labute approximate surface area is 179 Å². The van der Waals surface area contributed by atoms with E-state index in [1.165, 1.54) is 11.3 Å². The summed E-state index contributed by atoms with van der Waals surface area (Å²) in [5.41, 5.74) is 2.16. The predicted octanol–water partition coefficient (Wildman–Crippen LogP) is 4.38. The van der Waals surface area contributed by atoms with E-state index in [0.717, 1.165) is 16.0 Å². The van der Waals surface area contributed by atoms with Crippen LogP contribution in [0.2, 0.25) is 0 Å². The van der Waals surface area contributed by atoms with E-state index in [-0.39, 0.29) is 34.6 Å². The lowest BCUT2D eigenvalue weighted by Crippen LogP contribution is -2.23. The second-order valence-corrected chi connectivity index (χ2v) is 9.86. The molecule has 0 bridgehead atoms. The molecule has 0 unspecified atom stereocenters. The van der Waals surface area contributed by atoms with Crippen LogP contribution in [-0.2, 0) is 14.6 Å². The molecular weight excluding hydrogens is 418 g/mol. The highest BCUT2D eigenvalue weighted by Crippen LogP contribution is 2.46. The fraction of sp³-hybridized carbons (Fsp3) is 0.174. The number of nitrogens with one attached hydrogen (secondary N) is 1. The first-order valence-corrected chi connectivity index (χ1v) is 11.7. The number of carbonyl (C=O) groups excluding carboxylic acids is 1. The van der Waals surface area contributed by atoms with Gasteiger partial charge in [-0.25, -0.2) is 8.42 Å². The smallest absolute Gasteiger partial charge is 0.225 e. The minimum atomic E-state index is -3.75. The number of sulfone groups is 1. The maximum atomic E-state index is 13.2. The number of benzene rings is 2. The Bertz CT molecular complexity index is 1250. The Hall–Kier alpha value is -3.08. The highest BCUT2D eigenvalue weighted by atomic mass is 32.2. The number of hydrogen-bond acceptors (Lipinski definition) is 5. The highest BCUT2D eigenvalue weighted by Gasteiger charge is 2.34. The number of ether oxygens (including phenoxy) is 1. The summed E-state index contributed by atoms with van der Waals surface area (Å²) in [5, 5.41) is 4.40. The van der Waals surface area contributed by atoms with Gasteiger partial charge < -0.3 is 10.1 Å². The summed E-state index contributed by atoms with van der Waals surface area (Å²) in [6.07, 6.45) is 5.46. The van der Waals surface area contributed by atoms with E-state index in [9.17, 15) is 13.2 Å². The minimum Gasteiger partial charge on any atom is -0.481 e. The van der Waals surface area contributed by atoms with Crippen LogP contribution in [0.3, 0.4) is 0 Å². The lowest BCUT2D eigenvalue weighted by atomic mass is 9.90. The topological polar surface area (TPSA) is 72.5 Å². The van der Waals surface area contributed by atoms with Gasteiger partial charge in [-0.2, -0.15) is 0 Å². The molecule has 0 radical (unpaired) electrons. The molecule has 1 amide bonds. The number of terminal acetylenes is 1. The van der Waals surface area contributed by atoms with Crippen LogP contribution in [-0.4, -0.2) is 20.9 Å². The Morgan fingerprint density at radius 2 is 2.00 bits per heavy atom. The molecule has 1 aliphatic heterocycles. The largest absolute Gasteiger partial charge is 0.481 e. The van der Waals surface area contributed by atoms with Gasteiger partial charge in [-0.15, -0.1) is 17.8 Å². The van der Waals surface area contributed by atoms with Gasteiger partial charge in [-0.1, -0.05) is 30.2 Å². The van der Waals surface area contributed by atoms with Crippen molar-refractivity contribution in [2.24, 2.45) is 0 Å². The first-order chi connectivity index (χ1) is 14.4. The first kappa shape index (κ1) is 20.2. The molecule has 2 aromatic carbocycles. The predicted molar refractivity (Wildman–Crippen MR) is 117 cm³/mol. The Morgan fingerprint density at radius 3 is 2.70 bits per heavy atom. The quantitative estimate of drug-likeness (QED) is 0.602. The van der Waals surface area contributed by atoms with E-state index in [0.29, 0.717) is 11.4 Å². The summed E-state index contributed by atoms with van der Waals surface area (Å²) in [6.45, 7) is 2.03. The van der Waals surface area contributed by atoms with Crippen LogP contribution in [0.5, 0.6) is 5.75 Å². The maximum absolute atomic E-state index is 13.2. The lowest BCUT2D eigenvalue weighted by molar-refractivity contribution is -0.116. The summed E-state index contributed by atoms with van der Waals surface area (Å²) in [6, 6.07) is 14.1. The van der Waals surface area contributed by atoms with Crippen molar-refractivity contribution in [1.29, 1.82) is 0 Å². The summed E-state index contributed by atoms with van der Waals surface area (Å²) < 4.78 is 31.9. The zero-order valence-electron chi connectivity index (χ0n) is 16.2. The summed E-state index contributed by atoms with van der Waals surface area (Å²) in [5.74, 6) is 2.63. The van der Waals surface area contributed by atoms with Crippen LogP contribution in [0.15, 0.2) is 63.7 Å². The molecule has 1 atom stereocenters. The molecule has 0 saturated carbocycles. The minimum absolute atomic E-state index is 0.139. The molecule has 0 aliphatic carbocycles. The lowest BCUT2D eigenvalue weighted by Gasteiger charge is -2.24. The number of rotatable bonds is 5. The van der Waals surface area contributed by atoms with Gasteiger partial charge in [0.05, 0.1) is 10.6 Å². The molecule has 4 rings (SSSR count). The van der Waals surface area contributed by atoms with E-state index in [1.807, 2.05) is 25.1 Å². The fourth-order valence-corrected chi connectivity index (χ4v) is 6.51. The van der Waals surface area contributed by atoms with Crippen molar-refractivity contribution in [2.75, 3.05) is 11.9 Å². The number of aryl methyl sites for hydroxylation is 1. The number of hydrogen-bond donors (Lipinski definition) is 1. The molecule has 2 heterocycles. The average molecular weight is 438 g/mol. The van der Waals surface area contributed by atoms with Crippen LogP contribution < -0.4 is 10.1 Å². The van der Waals surface area contributed by atoms with Crippen molar-refractivity contribution in [2.45, 2.75) is 29.1 Å². The second kappa shape index (κ2) is 7.98. The van der Waals surface area contributed by atoms with E-state index >= 15 is 0 Å². The van der Waals surface area contributed by atoms with Gasteiger partial charge >= 0.3 is 0 Å². The van der Waals surface area contributed by atoms with Crippen LogP contribution in [0.4, 0.5) is 5.69 Å². The van der Waals surface area contributed by atoms with Crippen molar-refractivity contribution < 1.29 is 17.9 Å². The molecule has 7 heteroatoms. The van der Waals surface area contributed by atoms with Gasteiger partial charge in [-0.3, -0.25) is 4.79 Å². The molecule has 1 aliphatic rings. The zero-order valence-corrected chi connectivity index (χ0v) is 17.8. The highest BCUT2D eigenvalue weighted by molar-refractivity contribution is 7.91. The maximum Gasteiger partial charge on any atom is 0.225 e. The van der Waals surface area contributed by atoms with Crippen LogP contribution in [0.1, 0.15) is 28.3 Å². The molecule has 0 saturated heterocycles. The Balaban J connectivity index is 1.73. The van der Waals surface area contributed by atoms with Crippen molar-refractivity contribution in [1.82, 2.24) is 0 Å². The van der Waals surface area contributed by atoms with E-state index in [4.69, 9.17) is 11.2 Å². The number of amides is 1. The molecule has 152 valence electrons. The number of carbonyl (C=O) groups is 1. The average Bonchev–Trinajstić information content (AvgIpc) is 3.16. The molecule has 5 nitrogen and oxygen atoms in total. The van der Waals surface area contributed by atoms with Gasteiger partial charge in [0.1, 0.15) is 17.3 Å². The fourth-order valence-electron chi connectivity index (χ4n) is 3.50. The molecule has 3 aromatic rings. The molecule has 1 aromatic heterocycles. The van der Waals surface area contributed by atoms with Gasteiger partial charge in [0.25, 0.3) is 0 Å². The molecule has 0 fully saturated rings. The monoisotopic (exact) mass is 437 g/mol. The van der Waals surface area contributed by atoms with Crippen molar-refractivity contribution in [3.63, 3.8) is 0 Å². The first-order valence-electron chi connectivity index (χ1n) is 9.29. The van der Waals surface area contributed by atoms with Crippen LogP contribution >= 0.6 is 11.3 Å². The van der Waals surface area contributed by atoms with E-state index in [1.54, 1.807) is 35.7 Å². The molecule has 0 spiro atoms. The van der Waals surface area contributed by atoms with Crippen molar-refractivity contribution in [3.8, 4) is 18.1 Å². The van der Waals surface area contributed by atoms with Gasteiger partial charge in [0, 0.05) is 22.6 Å². The third kappa shape index (κ3) is 3.72. The zero-order chi connectivity index (χ0) is 21.3. The Morgan fingerprint density at radius 1 is 1.23 bits per heavy atom. The standard InChI is InChI=1S/C23H19NO4S2/c1-3-11-28-17-9-7-16(8-10-17)19-13-21(25)24-22-20(14-29-23(19)22)30(26,27)18-6-4-5-15(2)12-18/h1,4-10,12,14,19H,11,13H2,2H3,(H,24,25)/t19-/m0/s1. The van der Waals surface area contributed by atoms with Crippen molar-refractivity contribution in [3.05, 3.63) is 69.9 Å². The van der Waals surface area contributed by atoms with E-state index < -0.39 is 9.84 Å². The third-order valence-electron chi connectivity index (χ3n) is 4.95. The van der Waals surface area contributed by atoms with Crippen molar-refractivity contribution >= 4 is 32.8 Å². The number of thiophene rings is 1.